The normalized spacial score (nSPS) is 29.1. The zero-order valence-electron chi connectivity index (χ0n) is 11.7. The Labute approximate surface area is 123 Å². The molecule has 1 N–H and O–H groups in total. The van der Waals surface area contributed by atoms with Gasteiger partial charge in [-0.1, -0.05) is 12.1 Å². The lowest BCUT2D eigenvalue weighted by Gasteiger charge is -2.28. The highest BCUT2D eigenvalue weighted by Gasteiger charge is 2.43. The predicted molar refractivity (Wildman–Crippen MR) is 76.3 cm³/mol. The van der Waals surface area contributed by atoms with Crippen molar-refractivity contribution in [3.8, 4) is 0 Å². The monoisotopic (exact) mass is 316 g/mol. The number of hydrogen-bond acceptors (Lipinski definition) is 4. The number of anilines is 1. The van der Waals surface area contributed by atoms with Crippen LogP contribution in [0.3, 0.4) is 0 Å². The molecule has 0 aromatic heterocycles. The van der Waals surface area contributed by atoms with Crippen molar-refractivity contribution in [2.75, 3.05) is 24.5 Å². The number of alkyl halides is 2. The molecular formula is C14H18F2N2O2S. The van der Waals surface area contributed by atoms with E-state index in [4.69, 9.17) is 0 Å². The number of para-hydroxylation sites is 1. The molecule has 2 heterocycles. The maximum atomic E-state index is 12.9. The highest BCUT2D eigenvalue weighted by atomic mass is 32.2. The van der Waals surface area contributed by atoms with E-state index in [1.54, 1.807) is 12.1 Å². The summed E-state index contributed by atoms with van der Waals surface area (Å²) >= 11 is 0. The number of hydrogen-bond donors (Lipinski definition) is 1. The molecule has 0 bridgehead atoms. The molecule has 2 saturated heterocycles. The quantitative estimate of drug-likeness (QED) is 0.923. The van der Waals surface area contributed by atoms with Gasteiger partial charge in [-0.15, -0.1) is 0 Å². The van der Waals surface area contributed by atoms with Crippen molar-refractivity contribution < 1.29 is 17.2 Å². The summed E-state index contributed by atoms with van der Waals surface area (Å²) in [6.45, 7) is 4.53. The molecule has 3 rings (SSSR count). The van der Waals surface area contributed by atoms with Gasteiger partial charge in [0.2, 0.25) is 9.84 Å². The largest absolute Gasteiger partial charge is 0.367 e. The standard InChI is InChI=1S/C14H18F2N2O2S/c1-9-11-7-17-6-10(11)8-18(9)12-4-2-3-5-13(12)21(19,20)14(15)16/h2-5,9-11,14,17H,6-8H2,1H3. The molecule has 1 aromatic rings. The fraction of sp³-hybridized carbons (Fsp3) is 0.571. The first kappa shape index (κ1) is 14.7. The molecule has 7 heteroatoms. The SMILES string of the molecule is CC1C2CNCC2CN1c1ccccc1S(=O)(=O)C(F)F. The lowest BCUT2D eigenvalue weighted by Crippen LogP contribution is -2.34. The Bertz CT molecular complexity index is 636. The third-order valence-corrected chi connectivity index (χ3v) is 6.08. The van der Waals surface area contributed by atoms with Crippen molar-refractivity contribution in [1.82, 2.24) is 5.32 Å². The minimum atomic E-state index is -4.58. The van der Waals surface area contributed by atoms with Crippen LogP contribution in [-0.4, -0.2) is 39.9 Å². The molecule has 0 aliphatic carbocycles. The Morgan fingerprint density at radius 3 is 2.67 bits per heavy atom. The van der Waals surface area contributed by atoms with Crippen molar-refractivity contribution in [2.24, 2.45) is 11.8 Å². The smallest absolute Gasteiger partial charge is 0.341 e. The second kappa shape index (κ2) is 5.21. The molecule has 0 spiro atoms. The third kappa shape index (κ3) is 2.32. The molecule has 2 fully saturated rings. The van der Waals surface area contributed by atoms with Gasteiger partial charge in [-0.3, -0.25) is 0 Å². The molecule has 0 radical (unpaired) electrons. The number of halogens is 2. The van der Waals surface area contributed by atoms with Crippen LogP contribution in [0.1, 0.15) is 6.92 Å². The fourth-order valence-corrected chi connectivity index (χ4v) is 4.45. The van der Waals surface area contributed by atoms with Crippen LogP contribution in [-0.2, 0) is 9.84 Å². The first-order valence-corrected chi connectivity index (χ1v) is 8.56. The number of nitrogens with one attached hydrogen (secondary N) is 1. The van der Waals surface area contributed by atoms with E-state index in [0.717, 1.165) is 13.1 Å². The second-order valence-electron chi connectivity index (χ2n) is 5.75. The molecule has 0 saturated carbocycles. The Morgan fingerprint density at radius 2 is 2.00 bits per heavy atom. The molecule has 3 unspecified atom stereocenters. The van der Waals surface area contributed by atoms with E-state index in [1.165, 1.54) is 12.1 Å². The molecule has 0 amide bonds. The van der Waals surface area contributed by atoms with Crippen molar-refractivity contribution in [3.63, 3.8) is 0 Å². The van der Waals surface area contributed by atoms with Crippen molar-refractivity contribution in [3.05, 3.63) is 24.3 Å². The molecule has 2 aliphatic rings. The van der Waals surface area contributed by atoms with Gasteiger partial charge in [-0.05, 0) is 30.9 Å². The van der Waals surface area contributed by atoms with Gasteiger partial charge in [-0.2, -0.15) is 8.78 Å². The number of rotatable bonds is 3. The highest BCUT2D eigenvalue weighted by molar-refractivity contribution is 7.91. The summed E-state index contributed by atoms with van der Waals surface area (Å²) in [6, 6.07) is 6.22. The zero-order chi connectivity index (χ0) is 15.2. The molecule has 21 heavy (non-hydrogen) atoms. The minimum absolute atomic E-state index is 0.138. The maximum Gasteiger partial charge on any atom is 0.341 e. The van der Waals surface area contributed by atoms with E-state index in [0.29, 0.717) is 24.1 Å². The predicted octanol–water partition coefficient (Wildman–Crippen LogP) is 1.73. The molecule has 2 aliphatic heterocycles. The number of nitrogens with zero attached hydrogens (tertiary/aromatic N) is 1. The van der Waals surface area contributed by atoms with Gasteiger partial charge in [0.05, 0.1) is 10.6 Å². The van der Waals surface area contributed by atoms with Gasteiger partial charge in [0, 0.05) is 25.7 Å². The average Bonchev–Trinajstić information content (AvgIpc) is 3.02. The third-order valence-electron chi connectivity index (χ3n) is 4.65. The van der Waals surface area contributed by atoms with Crippen LogP contribution in [0.2, 0.25) is 0 Å². The topological polar surface area (TPSA) is 49.4 Å². The summed E-state index contributed by atoms with van der Waals surface area (Å²) < 4.78 is 49.5. The first-order chi connectivity index (χ1) is 9.93. The van der Waals surface area contributed by atoms with E-state index >= 15 is 0 Å². The average molecular weight is 316 g/mol. The van der Waals surface area contributed by atoms with Gasteiger partial charge in [0.1, 0.15) is 0 Å². The second-order valence-corrected chi connectivity index (χ2v) is 7.63. The van der Waals surface area contributed by atoms with Gasteiger partial charge < -0.3 is 10.2 Å². The Balaban J connectivity index is 2.01. The van der Waals surface area contributed by atoms with E-state index < -0.39 is 15.6 Å². The van der Waals surface area contributed by atoms with Crippen LogP contribution in [0.15, 0.2) is 29.2 Å². The van der Waals surface area contributed by atoms with Crippen LogP contribution < -0.4 is 10.2 Å². The van der Waals surface area contributed by atoms with Crippen molar-refractivity contribution >= 4 is 15.5 Å². The summed E-state index contributed by atoms with van der Waals surface area (Å²) in [4.78, 5) is 1.70. The number of fused-ring (bicyclic) bond motifs is 1. The van der Waals surface area contributed by atoms with E-state index in [9.17, 15) is 17.2 Å². The lowest BCUT2D eigenvalue weighted by molar-refractivity contribution is 0.235. The van der Waals surface area contributed by atoms with Gasteiger partial charge in [0.25, 0.3) is 0 Å². The zero-order valence-corrected chi connectivity index (χ0v) is 12.5. The van der Waals surface area contributed by atoms with Crippen LogP contribution in [0.4, 0.5) is 14.5 Å². The summed E-state index contributed by atoms with van der Waals surface area (Å²) in [5.41, 5.74) is 0.403. The Hall–Kier alpha value is -1.21. The van der Waals surface area contributed by atoms with Crippen molar-refractivity contribution in [2.45, 2.75) is 23.6 Å². The lowest BCUT2D eigenvalue weighted by atomic mass is 9.95. The Kier molecular flexibility index (Phi) is 3.65. The molecule has 116 valence electrons. The van der Waals surface area contributed by atoms with Gasteiger partial charge in [0.15, 0.2) is 0 Å². The van der Waals surface area contributed by atoms with Crippen molar-refractivity contribution in [1.29, 1.82) is 0 Å². The van der Waals surface area contributed by atoms with Gasteiger partial charge >= 0.3 is 5.76 Å². The van der Waals surface area contributed by atoms with E-state index in [-0.39, 0.29) is 10.9 Å². The molecule has 4 nitrogen and oxygen atoms in total. The molecular weight excluding hydrogens is 298 g/mol. The summed E-state index contributed by atoms with van der Waals surface area (Å²) in [7, 11) is -4.58. The summed E-state index contributed by atoms with van der Waals surface area (Å²) in [5, 5.41) is 3.32. The van der Waals surface area contributed by atoms with Crippen LogP contribution in [0.5, 0.6) is 0 Å². The highest BCUT2D eigenvalue weighted by Crippen LogP contribution is 2.39. The van der Waals surface area contributed by atoms with Crippen LogP contribution >= 0.6 is 0 Å². The number of benzene rings is 1. The fourth-order valence-electron chi connectivity index (χ4n) is 3.52. The summed E-state index contributed by atoms with van der Waals surface area (Å²) in [6.07, 6.45) is 0. The molecule has 3 atom stereocenters. The van der Waals surface area contributed by atoms with Crippen LogP contribution in [0.25, 0.3) is 0 Å². The van der Waals surface area contributed by atoms with Gasteiger partial charge in [-0.25, -0.2) is 8.42 Å². The van der Waals surface area contributed by atoms with Crippen LogP contribution in [0, 0.1) is 11.8 Å². The summed E-state index contributed by atoms with van der Waals surface area (Å²) in [5.74, 6) is -2.51. The number of sulfone groups is 1. The maximum absolute atomic E-state index is 12.9. The minimum Gasteiger partial charge on any atom is -0.367 e. The van der Waals surface area contributed by atoms with E-state index in [1.807, 2.05) is 11.8 Å². The molecule has 1 aromatic carbocycles. The Morgan fingerprint density at radius 1 is 1.29 bits per heavy atom. The first-order valence-electron chi connectivity index (χ1n) is 7.01. The van der Waals surface area contributed by atoms with E-state index in [2.05, 4.69) is 5.32 Å².